The second-order valence-corrected chi connectivity index (χ2v) is 9.63. The van der Waals surface area contributed by atoms with E-state index in [1.165, 1.54) is 21.1 Å². The zero-order chi connectivity index (χ0) is 82.4. The SMILES string of the molecule is [2H]C([2H])([2H])C([2H])([2H])C([2H])([2H])C([2H])([2H])C([2H])([2H])C([2H])([2H])C([2H])([2H])C([2H])([2H])C([2H])([2H])C([2H])([2H])C([2H])([2H])C([2H])([2H])C([2H])([2H])C(=O)OC[C@H](COP(=O)([O-])OCC[N+](C)(C)C)OC(=O)C([2H])([2H])C([2H])([2H])C([2H])([2H])C([2H])([2H])C([2H])([2H])C([2H])([2H])C([2H])([2H])C([2H])([2H])C([2H])([2H])C([2H])([2H])C([2H])([2H])C([2H])([2H])C([2H])([2H])[2H]. The normalized spacial score (nSPS) is 39.2. The van der Waals surface area contributed by atoms with E-state index in [2.05, 4.69) is 18.5 Å². The molecule has 274 valence electrons. The summed E-state index contributed by atoms with van der Waals surface area (Å²) in [5.41, 5.74) is 0. The van der Waals surface area contributed by atoms with E-state index < -0.39 is 212 Å². The highest BCUT2D eigenvalue weighted by Crippen LogP contribution is 2.38. The lowest BCUT2D eigenvalue weighted by Gasteiger charge is -2.28. The Morgan fingerprint density at radius 2 is 1.07 bits per heavy atom. The van der Waals surface area contributed by atoms with E-state index in [4.69, 9.17) is 74.0 Å². The van der Waals surface area contributed by atoms with Crippen LogP contribution in [0.1, 0.15) is 241 Å². The van der Waals surface area contributed by atoms with Crippen LogP contribution in [0.25, 0.3) is 0 Å². The van der Waals surface area contributed by atoms with Crippen LogP contribution in [0.4, 0.5) is 0 Å². The molecule has 0 aliphatic rings. The van der Waals surface area contributed by atoms with Crippen molar-refractivity contribution in [3.05, 3.63) is 0 Å². The molecule has 9 nitrogen and oxygen atoms in total. The molecule has 0 aliphatic carbocycles. The fraction of sp³-hybridized carbons (Fsp3) is 0.944. The van der Waals surface area contributed by atoms with Crippen molar-refractivity contribution in [1.82, 2.24) is 0 Å². The van der Waals surface area contributed by atoms with Crippen molar-refractivity contribution >= 4 is 19.8 Å². The standard InChI is InChI=1S/C36H72NO8P/c1-6-8-10-12-14-16-18-20-22-24-26-28-35(38)42-32-34(33-44-46(40,41)43-31-30-37(3,4)5)45-36(39)29-27-25-23-21-19-17-15-13-11-9-7-2/h34H,6-33H2,1-5H3/t34-/m1/s1/i1D3,2D3,6D2,7D2,8D2,9D2,10D2,11D2,12D2,13D2,14D2,15D2,16D2,17D2,18D2,19D2,20D2,21D2,22D2,23D2,24D2,25D2,26D2,27D2,28D2,29D2. The van der Waals surface area contributed by atoms with Crippen LogP contribution in [-0.2, 0) is 32.7 Å². The summed E-state index contributed by atoms with van der Waals surface area (Å²) in [4.78, 5) is 40.4. The molecule has 0 heterocycles. The molecule has 0 saturated carbocycles. The van der Waals surface area contributed by atoms with Gasteiger partial charge in [0.05, 0.1) is 27.7 Å². The number of phosphoric acid groups is 1. The third-order valence-corrected chi connectivity index (χ3v) is 4.65. The Morgan fingerprint density at radius 1 is 0.652 bits per heavy atom. The lowest BCUT2D eigenvalue weighted by molar-refractivity contribution is -0.870. The third kappa shape index (κ3) is 32.9. The van der Waals surface area contributed by atoms with Crippen LogP contribution in [0.5, 0.6) is 0 Å². The Kier molecular flexibility index (Phi) is 5.94. The highest BCUT2D eigenvalue weighted by molar-refractivity contribution is 7.45. The van der Waals surface area contributed by atoms with Crippen LogP contribution in [0.2, 0.25) is 0 Å². The molecule has 0 bridgehead atoms. The molecule has 2 atom stereocenters. The lowest BCUT2D eigenvalue weighted by atomic mass is 10.1. The topological polar surface area (TPSA) is 111 Å². The van der Waals surface area contributed by atoms with Gasteiger partial charge in [0, 0.05) is 86.8 Å². The van der Waals surface area contributed by atoms with E-state index in [1.807, 2.05) is 0 Å². The number of quaternary nitrogens is 1. The molecular weight excluding hydrogens is 605 g/mol. The number of nitrogens with zero attached hydrogens (tertiary/aromatic N) is 1. The van der Waals surface area contributed by atoms with Crippen molar-refractivity contribution in [3.8, 4) is 0 Å². The molecule has 10 heteroatoms. The number of hydrogen-bond acceptors (Lipinski definition) is 8. The van der Waals surface area contributed by atoms with Crippen LogP contribution >= 0.6 is 7.82 Å². The summed E-state index contributed by atoms with van der Waals surface area (Å²) < 4.78 is 471. The highest BCUT2D eigenvalue weighted by Gasteiger charge is 2.21. The van der Waals surface area contributed by atoms with Crippen molar-refractivity contribution in [1.29, 1.82) is 0 Å². The molecule has 0 rings (SSSR count). The number of carbonyl (C=O) groups excluding carboxylic acids is 2. The van der Waals surface area contributed by atoms with Gasteiger partial charge in [-0.25, -0.2) is 0 Å². The minimum Gasteiger partial charge on any atom is -0.756 e. The Hall–Kier alpha value is -0.990. The summed E-state index contributed by atoms with van der Waals surface area (Å²) in [5.74, 6) is -6.06. The first-order valence-electron chi connectivity index (χ1n) is 39.1. The van der Waals surface area contributed by atoms with Crippen LogP contribution < -0.4 is 4.89 Å². The van der Waals surface area contributed by atoms with Gasteiger partial charge in [-0.1, -0.05) is 141 Å². The van der Waals surface area contributed by atoms with E-state index in [0.29, 0.717) is 0 Å². The number of esters is 2. The molecule has 0 aromatic rings. The Morgan fingerprint density at radius 3 is 1.50 bits per heavy atom. The van der Waals surface area contributed by atoms with Gasteiger partial charge in [-0.2, -0.15) is 0 Å². The number of ether oxygens (including phenoxy) is 2. The number of phosphoric ester groups is 1. The third-order valence-electron chi connectivity index (χ3n) is 3.68. The summed E-state index contributed by atoms with van der Waals surface area (Å²) >= 11 is 0. The molecule has 0 aromatic heterocycles. The summed E-state index contributed by atoms with van der Waals surface area (Å²) in [6.07, 6.45) is -127. The average Bonchev–Trinajstić information content (AvgIpc) is 0.687. The fourth-order valence-corrected chi connectivity index (χ4v) is 2.60. The van der Waals surface area contributed by atoms with E-state index in [-0.39, 0.29) is 11.0 Å². The van der Waals surface area contributed by atoms with Crippen LogP contribution in [0.3, 0.4) is 0 Å². The van der Waals surface area contributed by atoms with Crippen LogP contribution in [0.15, 0.2) is 0 Å². The first kappa shape index (κ1) is 9.08. The molecule has 0 amide bonds. The Bertz CT molecular complexity index is 2970. The minimum atomic E-state index is -5.88. The van der Waals surface area contributed by atoms with E-state index in [0.717, 1.165) is 0 Å². The van der Waals surface area contributed by atoms with Gasteiger partial charge in [-0.15, -0.1) is 0 Å². The molecule has 0 spiro atoms. The maximum atomic E-state index is 13.8. The molecule has 0 saturated heterocycles. The lowest BCUT2D eigenvalue weighted by Crippen LogP contribution is -2.37. The van der Waals surface area contributed by atoms with Crippen molar-refractivity contribution in [2.45, 2.75) is 173 Å². The number of carbonyl (C=O) groups is 2. The molecule has 0 aromatic carbocycles. The first-order chi connectivity index (χ1) is 42.3. The largest absolute Gasteiger partial charge is 0.756 e. The summed E-state index contributed by atoms with van der Waals surface area (Å²) in [6.45, 7) is -13.7. The number of rotatable bonds is 34. The van der Waals surface area contributed by atoms with Crippen LogP contribution in [0, 0.1) is 0 Å². The highest BCUT2D eigenvalue weighted by atomic mass is 31.2. The van der Waals surface area contributed by atoms with Gasteiger partial charge in [0.25, 0.3) is 7.82 Å². The predicted molar refractivity (Wildman–Crippen MR) is 185 cm³/mol. The predicted octanol–water partition coefficient (Wildman–Crippen LogP) is 9.05. The van der Waals surface area contributed by atoms with Gasteiger partial charge in [-0.3, -0.25) is 14.2 Å². The number of hydrogen-bond donors (Lipinski definition) is 0. The molecular formula is C36H72NO8P. The first-order valence-corrected chi connectivity index (χ1v) is 13.6. The molecule has 0 aliphatic heterocycles. The van der Waals surface area contributed by atoms with E-state index >= 15 is 0 Å². The zero-order valence-electron chi connectivity index (χ0n) is 78.6. The van der Waals surface area contributed by atoms with Crippen molar-refractivity contribution < 1.29 is 116 Å². The quantitative estimate of drug-likeness (QED) is 0.0366. The molecule has 0 fully saturated rings. The second-order valence-electron chi connectivity index (χ2n) is 8.22. The molecule has 0 radical (unpaired) electrons. The summed E-state index contributed by atoms with van der Waals surface area (Å²) in [6, 6.07) is 0. The molecule has 0 N–H and O–H groups in total. The van der Waals surface area contributed by atoms with Gasteiger partial charge < -0.3 is 27.9 Å². The summed E-state index contributed by atoms with van der Waals surface area (Å²) in [5, 5.41) is 0. The van der Waals surface area contributed by atoms with Crippen molar-refractivity contribution in [2.24, 2.45) is 0 Å². The molecule has 46 heavy (non-hydrogen) atoms. The van der Waals surface area contributed by atoms with Gasteiger partial charge in [0.15, 0.2) is 6.10 Å². The second kappa shape index (κ2) is 30.1. The zero-order valence-corrected chi connectivity index (χ0v) is 25.5. The fourth-order valence-electron chi connectivity index (χ4n) is 1.87. The van der Waals surface area contributed by atoms with Gasteiger partial charge >= 0.3 is 11.9 Å². The smallest absolute Gasteiger partial charge is 0.306 e. The van der Waals surface area contributed by atoms with E-state index in [1.54, 1.807) is 0 Å². The van der Waals surface area contributed by atoms with Crippen molar-refractivity contribution in [2.75, 3.05) is 47.5 Å². The molecule has 1 unspecified atom stereocenters. The van der Waals surface area contributed by atoms with E-state index in [9.17, 15) is 19.0 Å². The van der Waals surface area contributed by atoms with Gasteiger partial charge in [0.1, 0.15) is 19.8 Å². The maximum absolute atomic E-state index is 13.8. The average molecular weight is 732 g/mol. The van der Waals surface area contributed by atoms with Crippen LogP contribution in [-0.4, -0.2) is 70.0 Å². The van der Waals surface area contributed by atoms with Crippen molar-refractivity contribution in [3.63, 3.8) is 0 Å². The monoisotopic (exact) mass is 732 g/mol. The number of likely N-dealkylation sites (N-methyl/N-ethyl adjacent to an activating group) is 1. The van der Waals surface area contributed by atoms with Gasteiger partial charge in [-0.05, 0) is 12.7 Å². The van der Waals surface area contributed by atoms with Gasteiger partial charge in [0.2, 0.25) is 0 Å². The Labute approximate surface area is 358 Å². The minimum absolute atomic E-state index is 0.0570. The Balaban J connectivity index is 8.10. The maximum Gasteiger partial charge on any atom is 0.306 e. The summed E-state index contributed by atoms with van der Waals surface area (Å²) in [7, 11) is -1.44.